The van der Waals surface area contributed by atoms with E-state index in [1.165, 1.54) is 11.8 Å². The molecule has 0 aromatic heterocycles. The number of hydrogen-bond donors (Lipinski definition) is 1. The number of carbonyl (C=O) groups is 1. The molecular formula is C23H14Cl4N2O2S. The van der Waals surface area contributed by atoms with E-state index < -0.39 is 0 Å². The molecule has 9 heteroatoms. The first-order chi connectivity index (χ1) is 15.4. The molecule has 3 aromatic rings. The topological polar surface area (TPSA) is 50.7 Å². The normalized spacial score (nSPS) is 15.9. The summed E-state index contributed by atoms with van der Waals surface area (Å²) in [7, 11) is 0. The van der Waals surface area contributed by atoms with Crippen LogP contribution in [0.5, 0.6) is 5.75 Å². The van der Waals surface area contributed by atoms with Crippen LogP contribution in [0.15, 0.2) is 70.6 Å². The number of thioether (sulfide) groups is 1. The van der Waals surface area contributed by atoms with E-state index in [4.69, 9.17) is 51.1 Å². The van der Waals surface area contributed by atoms with E-state index in [0.29, 0.717) is 53.8 Å². The molecular weight excluding hydrogens is 510 g/mol. The summed E-state index contributed by atoms with van der Waals surface area (Å²) < 4.78 is 5.79. The maximum Gasteiger partial charge on any atom is 0.264 e. The highest BCUT2D eigenvalue weighted by Gasteiger charge is 2.24. The quantitative estimate of drug-likeness (QED) is 0.347. The zero-order valence-corrected chi connectivity index (χ0v) is 20.1. The van der Waals surface area contributed by atoms with Gasteiger partial charge in [-0.3, -0.25) is 4.79 Å². The smallest absolute Gasteiger partial charge is 0.264 e. The third kappa shape index (κ3) is 5.42. The molecule has 0 unspecified atom stereocenters. The third-order valence-corrected chi connectivity index (χ3v) is 6.63. The van der Waals surface area contributed by atoms with Gasteiger partial charge in [-0.2, -0.15) is 0 Å². The molecule has 1 heterocycles. The Morgan fingerprint density at radius 3 is 2.38 bits per heavy atom. The average molecular weight is 524 g/mol. The minimum atomic E-state index is -0.288. The molecule has 1 saturated heterocycles. The lowest BCUT2D eigenvalue weighted by atomic mass is 10.2. The number of rotatable bonds is 5. The predicted octanol–water partition coefficient (Wildman–Crippen LogP) is 7.77. The molecule has 0 atom stereocenters. The van der Waals surface area contributed by atoms with Crippen molar-refractivity contribution in [3.63, 3.8) is 0 Å². The SMILES string of the molecule is O=C1NC(=Nc2cccc(Cl)c2Cl)S/C1=C/c1cc(Cl)c(OCc2ccccc2)c(Cl)c1. The van der Waals surface area contributed by atoms with Gasteiger partial charge < -0.3 is 10.1 Å². The van der Waals surface area contributed by atoms with Gasteiger partial charge in [0.2, 0.25) is 0 Å². The molecule has 0 bridgehead atoms. The maximum atomic E-state index is 12.4. The Balaban J connectivity index is 1.52. The van der Waals surface area contributed by atoms with E-state index in [0.717, 1.165) is 5.56 Å². The van der Waals surface area contributed by atoms with Gasteiger partial charge in [-0.1, -0.05) is 82.8 Å². The molecule has 3 aromatic carbocycles. The second-order valence-electron chi connectivity index (χ2n) is 6.64. The average Bonchev–Trinajstić information content (AvgIpc) is 3.10. The maximum absolute atomic E-state index is 12.4. The van der Waals surface area contributed by atoms with Gasteiger partial charge in [-0.05, 0) is 53.2 Å². The summed E-state index contributed by atoms with van der Waals surface area (Å²) in [4.78, 5) is 17.2. The van der Waals surface area contributed by atoms with Crippen molar-refractivity contribution < 1.29 is 9.53 Å². The molecule has 4 nitrogen and oxygen atoms in total. The second kappa shape index (κ2) is 10.2. The molecule has 0 spiro atoms. The largest absolute Gasteiger partial charge is 0.486 e. The molecule has 1 fully saturated rings. The summed E-state index contributed by atoms with van der Waals surface area (Å²) >= 11 is 26.2. The Kier molecular flexibility index (Phi) is 7.33. The molecule has 32 heavy (non-hydrogen) atoms. The molecule has 4 rings (SSSR count). The first-order valence-electron chi connectivity index (χ1n) is 9.30. The van der Waals surface area contributed by atoms with Gasteiger partial charge in [0.15, 0.2) is 10.9 Å². The van der Waals surface area contributed by atoms with Crippen molar-refractivity contribution >= 4 is 81.0 Å². The zero-order chi connectivity index (χ0) is 22.7. The molecule has 0 saturated carbocycles. The van der Waals surface area contributed by atoms with Crippen molar-refractivity contribution in [2.24, 2.45) is 4.99 Å². The fourth-order valence-electron chi connectivity index (χ4n) is 2.85. The summed E-state index contributed by atoms with van der Waals surface area (Å²) in [6, 6.07) is 18.2. The summed E-state index contributed by atoms with van der Waals surface area (Å²) in [5.41, 5.74) is 2.12. The third-order valence-electron chi connectivity index (χ3n) is 4.35. The van der Waals surface area contributed by atoms with Crippen LogP contribution in [0.25, 0.3) is 6.08 Å². The monoisotopic (exact) mass is 522 g/mol. The van der Waals surface area contributed by atoms with Crippen LogP contribution in [0.2, 0.25) is 20.1 Å². The number of aliphatic imine (C=N–C) groups is 1. The van der Waals surface area contributed by atoms with Crippen LogP contribution in [0, 0.1) is 0 Å². The summed E-state index contributed by atoms with van der Waals surface area (Å²) in [5.74, 6) is 0.101. The van der Waals surface area contributed by atoms with Gasteiger partial charge in [0.25, 0.3) is 5.91 Å². The van der Waals surface area contributed by atoms with E-state index in [2.05, 4.69) is 10.3 Å². The van der Waals surface area contributed by atoms with Crippen LogP contribution in [0.4, 0.5) is 5.69 Å². The van der Waals surface area contributed by atoms with Crippen molar-refractivity contribution in [2.75, 3.05) is 0 Å². The zero-order valence-electron chi connectivity index (χ0n) is 16.2. The van der Waals surface area contributed by atoms with Crippen molar-refractivity contribution in [3.8, 4) is 5.75 Å². The minimum absolute atomic E-state index is 0.288. The molecule has 0 aliphatic carbocycles. The van der Waals surface area contributed by atoms with E-state index in [-0.39, 0.29) is 5.91 Å². The predicted molar refractivity (Wildman–Crippen MR) is 135 cm³/mol. The number of amidine groups is 1. The molecule has 1 amide bonds. The highest BCUT2D eigenvalue weighted by molar-refractivity contribution is 8.18. The number of nitrogens with one attached hydrogen (secondary N) is 1. The molecule has 1 N–H and O–H groups in total. The molecule has 1 aliphatic heterocycles. The number of benzene rings is 3. The van der Waals surface area contributed by atoms with Crippen LogP contribution < -0.4 is 10.1 Å². The number of amides is 1. The van der Waals surface area contributed by atoms with Gasteiger partial charge in [0.1, 0.15) is 6.61 Å². The van der Waals surface area contributed by atoms with Crippen molar-refractivity contribution in [1.29, 1.82) is 0 Å². The Bertz CT molecular complexity index is 1220. The van der Waals surface area contributed by atoms with E-state index >= 15 is 0 Å². The van der Waals surface area contributed by atoms with Crippen molar-refractivity contribution in [3.05, 3.63) is 96.8 Å². The number of ether oxygens (including phenoxy) is 1. The first-order valence-corrected chi connectivity index (χ1v) is 11.6. The van der Waals surface area contributed by atoms with Gasteiger partial charge >= 0.3 is 0 Å². The van der Waals surface area contributed by atoms with Crippen molar-refractivity contribution in [2.45, 2.75) is 6.61 Å². The minimum Gasteiger partial charge on any atom is -0.486 e. The van der Waals surface area contributed by atoms with Crippen molar-refractivity contribution in [1.82, 2.24) is 5.32 Å². The van der Waals surface area contributed by atoms with Gasteiger partial charge in [0.05, 0.1) is 30.7 Å². The summed E-state index contributed by atoms with van der Waals surface area (Å²) in [6.45, 7) is 0.338. The molecule has 0 radical (unpaired) electrons. The number of nitrogens with zero attached hydrogens (tertiary/aromatic N) is 1. The fourth-order valence-corrected chi connectivity index (χ4v) is 4.64. The molecule has 1 aliphatic rings. The Labute approximate surface area is 209 Å². The number of carbonyl (C=O) groups excluding carboxylic acids is 1. The van der Waals surface area contributed by atoms with Gasteiger partial charge in [-0.15, -0.1) is 0 Å². The lowest BCUT2D eigenvalue weighted by Gasteiger charge is -2.11. The second-order valence-corrected chi connectivity index (χ2v) is 9.27. The lowest BCUT2D eigenvalue weighted by molar-refractivity contribution is -0.115. The first kappa shape index (κ1) is 23.0. The van der Waals surface area contributed by atoms with Crippen LogP contribution in [-0.2, 0) is 11.4 Å². The van der Waals surface area contributed by atoms with Crippen LogP contribution in [0.3, 0.4) is 0 Å². The van der Waals surface area contributed by atoms with Gasteiger partial charge in [0, 0.05) is 0 Å². The summed E-state index contributed by atoms with van der Waals surface area (Å²) in [6.07, 6.45) is 1.68. The van der Waals surface area contributed by atoms with Crippen LogP contribution >= 0.6 is 58.2 Å². The standard InChI is InChI=1S/C23H14Cl4N2O2S/c24-15-7-4-8-18(20(15)27)28-23-29-22(30)19(32-23)11-14-9-16(25)21(17(26)10-14)31-12-13-5-2-1-3-6-13/h1-11H,12H2,(H,28,29,30)/b19-11+. The number of halogens is 4. The highest BCUT2D eigenvalue weighted by atomic mass is 35.5. The van der Waals surface area contributed by atoms with Gasteiger partial charge in [-0.25, -0.2) is 4.99 Å². The highest BCUT2D eigenvalue weighted by Crippen LogP contribution is 2.37. The number of hydrogen-bond acceptors (Lipinski definition) is 4. The Morgan fingerprint density at radius 2 is 1.66 bits per heavy atom. The van der Waals surface area contributed by atoms with E-state index in [1.54, 1.807) is 36.4 Å². The molecule has 162 valence electrons. The van der Waals surface area contributed by atoms with E-state index in [1.807, 2.05) is 30.3 Å². The summed E-state index contributed by atoms with van der Waals surface area (Å²) in [5, 5.41) is 4.51. The Hall–Kier alpha value is -2.15. The Morgan fingerprint density at radius 1 is 0.938 bits per heavy atom. The fraction of sp³-hybridized carbons (Fsp3) is 0.0435. The lowest BCUT2D eigenvalue weighted by Crippen LogP contribution is -2.19. The van der Waals surface area contributed by atoms with Crippen LogP contribution in [-0.4, -0.2) is 11.1 Å². The van der Waals surface area contributed by atoms with Crippen LogP contribution in [0.1, 0.15) is 11.1 Å². The van der Waals surface area contributed by atoms with E-state index in [9.17, 15) is 4.79 Å².